The van der Waals surface area contributed by atoms with E-state index in [1.54, 1.807) is 0 Å². The van der Waals surface area contributed by atoms with Crippen LogP contribution in [0.4, 0.5) is 0 Å². The number of aromatic nitrogens is 2. The Balaban J connectivity index is 0.000000166. The molecule has 0 aliphatic carbocycles. The second-order valence-electron chi connectivity index (χ2n) is 13.2. The van der Waals surface area contributed by atoms with Gasteiger partial charge in [-0.05, 0) is 91.6 Å². The van der Waals surface area contributed by atoms with E-state index < -0.39 is 0 Å². The van der Waals surface area contributed by atoms with Crippen molar-refractivity contribution >= 4 is 22.6 Å². The van der Waals surface area contributed by atoms with Crippen molar-refractivity contribution in [3.63, 3.8) is 0 Å². The monoisotopic (exact) mass is 624 g/mol. The summed E-state index contributed by atoms with van der Waals surface area (Å²) in [4.78, 5) is 38.5. The van der Waals surface area contributed by atoms with Crippen molar-refractivity contribution in [1.29, 1.82) is 0 Å². The minimum atomic E-state index is 0.0505. The van der Waals surface area contributed by atoms with E-state index in [9.17, 15) is 9.59 Å². The molecule has 4 heterocycles. The lowest BCUT2D eigenvalue weighted by molar-refractivity contribution is 0.0684. The lowest BCUT2D eigenvalue weighted by atomic mass is 9.99. The molecular weight excluding hydrogens is 580 g/mol. The average Bonchev–Trinajstić information content (AvgIpc) is 3.12. The number of hydrogen-bond donors (Lipinski definition) is 0. The molecule has 0 atom stereocenters. The van der Waals surface area contributed by atoms with E-state index in [0.717, 1.165) is 80.3 Å². The van der Waals surface area contributed by atoms with E-state index in [-0.39, 0.29) is 11.8 Å². The fraction of sp³-hybridized carbons (Fsp3) is 0.317. The first-order valence-corrected chi connectivity index (χ1v) is 16.9. The number of likely N-dealkylation sites (tertiary alicyclic amines) is 2. The number of pyridine rings is 2. The fourth-order valence-electron chi connectivity index (χ4n) is 6.33. The highest BCUT2D eigenvalue weighted by Gasteiger charge is 2.23. The molecule has 6 heteroatoms. The molecule has 47 heavy (non-hydrogen) atoms. The number of fused-ring (bicyclic) bond motifs is 1. The second-order valence-corrected chi connectivity index (χ2v) is 13.2. The molecule has 5 aromatic rings. The predicted octanol–water partition coefficient (Wildman–Crippen LogP) is 8.70. The number of nitrogens with zero attached hydrogens (tertiary/aromatic N) is 4. The average molecular weight is 625 g/mol. The van der Waals surface area contributed by atoms with Gasteiger partial charge in [-0.2, -0.15) is 0 Å². The SMILES string of the molecule is CC1CCN(C(=O)c2cccc(-c3ccc4ccccc4c3)n2)CC1.Cc1cccc(-c2cccc(C(=O)N3CCC(C)CC3)n2)c1. The number of carbonyl (C=O) groups excluding carboxylic acids is 2. The van der Waals surface area contributed by atoms with E-state index in [4.69, 9.17) is 0 Å². The van der Waals surface area contributed by atoms with Crippen molar-refractivity contribution < 1.29 is 9.59 Å². The summed E-state index contributed by atoms with van der Waals surface area (Å²) in [5.41, 5.74) is 6.10. The Morgan fingerprint density at radius 2 is 1.04 bits per heavy atom. The first-order chi connectivity index (χ1) is 22.8. The quantitative estimate of drug-likeness (QED) is 0.201. The molecule has 2 amide bonds. The lowest BCUT2D eigenvalue weighted by Crippen LogP contribution is -2.38. The maximum atomic E-state index is 12.8. The van der Waals surface area contributed by atoms with Gasteiger partial charge in [0, 0.05) is 37.3 Å². The summed E-state index contributed by atoms with van der Waals surface area (Å²) in [6.07, 6.45) is 4.33. The molecule has 0 spiro atoms. The largest absolute Gasteiger partial charge is 0.337 e. The predicted molar refractivity (Wildman–Crippen MR) is 190 cm³/mol. The van der Waals surface area contributed by atoms with Gasteiger partial charge in [0.2, 0.25) is 0 Å². The number of aryl methyl sites for hydroxylation is 1. The number of carbonyl (C=O) groups is 2. The molecular formula is C41H44N4O2. The number of benzene rings is 3. The normalized spacial score (nSPS) is 15.6. The lowest BCUT2D eigenvalue weighted by Gasteiger charge is -2.30. The van der Waals surface area contributed by atoms with Crippen LogP contribution in [0.5, 0.6) is 0 Å². The van der Waals surface area contributed by atoms with Gasteiger partial charge in [0.05, 0.1) is 11.4 Å². The molecule has 0 saturated carbocycles. The Labute approximate surface area is 278 Å². The summed E-state index contributed by atoms with van der Waals surface area (Å²) in [6, 6.07) is 34.2. The maximum Gasteiger partial charge on any atom is 0.272 e. The number of piperidine rings is 2. The number of rotatable bonds is 4. The van der Waals surface area contributed by atoms with Crippen LogP contribution in [0.25, 0.3) is 33.3 Å². The Kier molecular flexibility index (Phi) is 10.1. The van der Waals surface area contributed by atoms with Crippen LogP contribution >= 0.6 is 0 Å². The topological polar surface area (TPSA) is 66.4 Å². The third-order valence-electron chi connectivity index (χ3n) is 9.44. The van der Waals surface area contributed by atoms with Crippen molar-refractivity contribution in [2.24, 2.45) is 11.8 Å². The molecule has 0 bridgehead atoms. The van der Waals surface area contributed by atoms with Crippen molar-refractivity contribution in [2.75, 3.05) is 26.2 Å². The second kappa shape index (κ2) is 14.7. The van der Waals surface area contributed by atoms with Gasteiger partial charge in [0.1, 0.15) is 11.4 Å². The van der Waals surface area contributed by atoms with Crippen molar-refractivity contribution in [3.05, 3.63) is 120 Å². The van der Waals surface area contributed by atoms with Gasteiger partial charge < -0.3 is 9.80 Å². The minimum absolute atomic E-state index is 0.0505. The summed E-state index contributed by atoms with van der Waals surface area (Å²) in [6.45, 7) is 9.92. The van der Waals surface area contributed by atoms with E-state index in [2.05, 4.69) is 73.2 Å². The van der Waals surface area contributed by atoms with Crippen LogP contribution in [-0.2, 0) is 0 Å². The third kappa shape index (κ3) is 7.94. The zero-order valence-electron chi connectivity index (χ0n) is 27.7. The van der Waals surface area contributed by atoms with Gasteiger partial charge in [-0.1, -0.05) is 86.1 Å². The van der Waals surface area contributed by atoms with Crippen molar-refractivity contribution in [3.8, 4) is 22.5 Å². The fourth-order valence-corrected chi connectivity index (χ4v) is 6.33. The van der Waals surface area contributed by atoms with Gasteiger partial charge >= 0.3 is 0 Å². The molecule has 3 aromatic carbocycles. The molecule has 2 fully saturated rings. The summed E-state index contributed by atoms with van der Waals surface area (Å²) < 4.78 is 0. The van der Waals surface area contributed by atoms with Gasteiger partial charge in [0.25, 0.3) is 11.8 Å². The molecule has 0 radical (unpaired) electrons. The van der Waals surface area contributed by atoms with Gasteiger partial charge in [-0.25, -0.2) is 9.97 Å². The Morgan fingerprint density at radius 3 is 1.57 bits per heavy atom. The van der Waals surface area contributed by atoms with Crippen molar-refractivity contribution in [2.45, 2.75) is 46.5 Å². The van der Waals surface area contributed by atoms with Crippen LogP contribution in [-0.4, -0.2) is 57.8 Å². The molecule has 240 valence electrons. The first-order valence-electron chi connectivity index (χ1n) is 16.9. The zero-order valence-corrected chi connectivity index (χ0v) is 27.7. The summed E-state index contributed by atoms with van der Waals surface area (Å²) >= 11 is 0. The number of amides is 2. The molecule has 0 unspecified atom stereocenters. The summed E-state index contributed by atoms with van der Waals surface area (Å²) in [7, 11) is 0. The van der Waals surface area contributed by atoms with Gasteiger partial charge in [0.15, 0.2) is 0 Å². The molecule has 7 rings (SSSR count). The standard InChI is InChI=1S/C22H22N2O.C19H22N2O/c1-16-11-13-24(14-12-16)22(25)21-8-4-7-20(23-21)19-10-9-17-5-2-3-6-18(17)15-19;1-14-9-11-21(12-10-14)19(22)18-8-4-7-17(20-18)16-6-3-5-15(2)13-16/h2-10,15-16H,11-14H2,1H3;3-8,13-14H,9-12H2,1-2H3. The van der Waals surface area contributed by atoms with Crippen LogP contribution in [0.1, 0.15) is 66.1 Å². The highest BCUT2D eigenvalue weighted by Crippen LogP contribution is 2.25. The molecule has 2 aliphatic heterocycles. The highest BCUT2D eigenvalue weighted by atomic mass is 16.2. The van der Waals surface area contributed by atoms with Crippen LogP contribution in [0.15, 0.2) is 103 Å². The minimum Gasteiger partial charge on any atom is -0.337 e. The van der Waals surface area contributed by atoms with Crippen molar-refractivity contribution in [1.82, 2.24) is 19.8 Å². The van der Waals surface area contributed by atoms with E-state index in [0.29, 0.717) is 17.3 Å². The smallest absolute Gasteiger partial charge is 0.272 e. The molecule has 2 saturated heterocycles. The van der Waals surface area contributed by atoms with E-state index in [1.807, 2.05) is 70.5 Å². The number of hydrogen-bond acceptors (Lipinski definition) is 4. The van der Waals surface area contributed by atoms with Crippen LogP contribution in [0.2, 0.25) is 0 Å². The zero-order chi connectivity index (χ0) is 32.8. The molecule has 6 nitrogen and oxygen atoms in total. The van der Waals surface area contributed by atoms with Crippen LogP contribution in [0.3, 0.4) is 0 Å². The van der Waals surface area contributed by atoms with Gasteiger partial charge in [-0.3, -0.25) is 9.59 Å². The Hall–Kier alpha value is -4.84. The molecule has 2 aliphatic rings. The molecule has 0 N–H and O–H groups in total. The van der Waals surface area contributed by atoms with Crippen LogP contribution < -0.4 is 0 Å². The maximum absolute atomic E-state index is 12.8. The van der Waals surface area contributed by atoms with Crippen LogP contribution in [0, 0.1) is 18.8 Å². The molecule has 2 aromatic heterocycles. The van der Waals surface area contributed by atoms with E-state index >= 15 is 0 Å². The summed E-state index contributed by atoms with van der Waals surface area (Å²) in [5.74, 6) is 1.53. The highest BCUT2D eigenvalue weighted by molar-refractivity contribution is 5.94. The Morgan fingerprint density at radius 1 is 0.553 bits per heavy atom. The first kappa shape index (κ1) is 32.1. The third-order valence-corrected chi connectivity index (χ3v) is 9.44. The van der Waals surface area contributed by atoms with Gasteiger partial charge in [-0.15, -0.1) is 0 Å². The van der Waals surface area contributed by atoms with E-state index in [1.165, 1.54) is 16.3 Å². The Bertz CT molecular complexity index is 1850. The summed E-state index contributed by atoms with van der Waals surface area (Å²) in [5, 5.41) is 2.39.